The van der Waals surface area contributed by atoms with Gasteiger partial charge in [0.1, 0.15) is 5.76 Å². The van der Waals surface area contributed by atoms with Crippen molar-refractivity contribution in [2.75, 3.05) is 6.54 Å². The van der Waals surface area contributed by atoms with Gasteiger partial charge in [-0.2, -0.15) is 0 Å². The molecule has 1 aliphatic heterocycles. The van der Waals surface area contributed by atoms with Crippen molar-refractivity contribution < 1.29 is 14.1 Å². The number of rotatable bonds is 5. The van der Waals surface area contributed by atoms with Crippen molar-refractivity contribution in [3.8, 4) is 0 Å². The number of hydrogen-bond acceptors (Lipinski definition) is 5. The molecule has 3 N–H and O–H groups in total. The van der Waals surface area contributed by atoms with Crippen molar-refractivity contribution in [1.29, 1.82) is 0 Å². The van der Waals surface area contributed by atoms with Gasteiger partial charge in [0.2, 0.25) is 5.91 Å². The fourth-order valence-corrected chi connectivity index (χ4v) is 4.68. The zero-order valence-electron chi connectivity index (χ0n) is 16.7. The molecule has 4 rings (SSSR count). The maximum absolute atomic E-state index is 13.0. The van der Waals surface area contributed by atoms with Crippen LogP contribution in [0.3, 0.4) is 0 Å². The Morgan fingerprint density at radius 1 is 1.21 bits per heavy atom. The van der Waals surface area contributed by atoms with Gasteiger partial charge in [-0.15, -0.1) is 0 Å². The summed E-state index contributed by atoms with van der Waals surface area (Å²) < 4.78 is 5.29. The number of carbonyl (C=O) groups excluding carboxylic acids is 2. The molecule has 1 aromatic heterocycles. The van der Waals surface area contributed by atoms with Crippen LogP contribution in [0, 0.1) is 5.92 Å². The quantitative estimate of drug-likeness (QED) is 0.807. The van der Waals surface area contributed by atoms with Crippen molar-refractivity contribution in [2.24, 2.45) is 11.7 Å². The van der Waals surface area contributed by atoms with E-state index in [1.54, 1.807) is 6.07 Å². The monoisotopic (exact) mass is 388 g/mol. The van der Waals surface area contributed by atoms with Gasteiger partial charge in [-0.25, -0.2) is 0 Å². The van der Waals surface area contributed by atoms with Crippen molar-refractivity contribution in [2.45, 2.75) is 88.8 Å². The van der Waals surface area contributed by atoms with E-state index in [0.717, 1.165) is 63.5 Å². The summed E-state index contributed by atoms with van der Waals surface area (Å²) in [6.07, 6.45) is 8.43. The molecule has 0 radical (unpaired) electrons. The number of nitrogens with two attached hydrogens (primary N) is 1. The minimum Gasteiger partial charge on any atom is -0.360 e. The summed E-state index contributed by atoms with van der Waals surface area (Å²) in [4.78, 5) is 27.6. The van der Waals surface area contributed by atoms with E-state index in [1.807, 2.05) is 0 Å². The Morgan fingerprint density at radius 2 is 1.96 bits per heavy atom. The minimum absolute atomic E-state index is 0.0716. The lowest BCUT2D eigenvalue weighted by Gasteiger charge is -2.41. The molecule has 2 heterocycles. The van der Waals surface area contributed by atoms with Crippen LogP contribution in [0.2, 0.25) is 0 Å². The van der Waals surface area contributed by atoms with Gasteiger partial charge < -0.3 is 20.5 Å². The van der Waals surface area contributed by atoms with Gasteiger partial charge in [0.05, 0.1) is 0 Å². The number of aromatic nitrogens is 1. The number of amides is 2. The summed E-state index contributed by atoms with van der Waals surface area (Å²) in [5, 5.41) is 7.03. The third-order valence-electron chi connectivity index (χ3n) is 6.67. The fourth-order valence-electron chi connectivity index (χ4n) is 4.68. The highest BCUT2D eigenvalue weighted by Gasteiger charge is 2.36. The van der Waals surface area contributed by atoms with Crippen LogP contribution in [0.4, 0.5) is 0 Å². The molecule has 2 atom stereocenters. The lowest BCUT2D eigenvalue weighted by Crippen LogP contribution is -2.53. The average molecular weight is 389 g/mol. The molecule has 0 bridgehead atoms. The first kappa shape index (κ1) is 19.4. The molecule has 3 fully saturated rings. The first-order chi connectivity index (χ1) is 13.5. The fraction of sp³-hybridized carbons (Fsp3) is 0.762. The van der Waals surface area contributed by atoms with E-state index in [4.69, 9.17) is 10.3 Å². The third kappa shape index (κ3) is 4.24. The first-order valence-corrected chi connectivity index (χ1v) is 10.9. The van der Waals surface area contributed by atoms with Gasteiger partial charge >= 0.3 is 0 Å². The summed E-state index contributed by atoms with van der Waals surface area (Å²) >= 11 is 0. The SMILES string of the molecule is CC[C@@H]1CC(NC(=O)c2cc(C3CC3)on2)CCN1C(=O)[C@H]1CC[C@H](N)CC1. The Hall–Kier alpha value is -1.89. The van der Waals surface area contributed by atoms with Gasteiger partial charge in [0.15, 0.2) is 5.69 Å². The predicted molar refractivity (Wildman–Crippen MR) is 105 cm³/mol. The maximum atomic E-state index is 13.0. The van der Waals surface area contributed by atoms with E-state index in [-0.39, 0.29) is 35.9 Å². The van der Waals surface area contributed by atoms with Crippen LogP contribution < -0.4 is 11.1 Å². The smallest absolute Gasteiger partial charge is 0.273 e. The number of nitrogens with zero attached hydrogens (tertiary/aromatic N) is 2. The van der Waals surface area contributed by atoms with Crippen molar-refractivity contribution in [3.05, 3.63) is 17.5 Å². The molecule has 2 saturated carbocycles. The van der Waals surface area contributed by atoms with Gasteiger partial charge in [-0.05, 0) is 57.8 Å². The summed E-state index contributed by atoms with van der Waals surface area (Å²) in [5.74, 6) is 1.51. The molecule has 2 amide bonds. The van der Waals surface area contributed by atoms with Gasteiger partial charge in [-0.1, -0.05) is 12.1 Å². The Morgan fingerprint density at radius 3 is 2.64 bits per heavy atom. The molecule has 0 aromatic carbocycles. The molecular formula is C21H32N4O3. The summed E-state index contributed by atoms with van der Waals surface area (Å²) in [5.41, 5.74) is 6.35. The molecule has 28 heavy (non-hydrogen) atoms. The molecule has 1 unspecified atom stereocenters. The number of piperidine rings is 1. The van der Waals surface area contributed by atoms with Crippen molar-refractivity contribution >= 4 is 11.8 Å². The molecule has 7 heteroatoms. The van der Waals surface area contributed by atoms with Gasteiger partial charge in [-0.3, -0.25) is 9.59 Å². The van der Waals surface area contributed by atoms with Crippen molar-refractivity contribution in [1.82, 2.24) is 15.4 Å². The highest BCUT2D eigenvalue weighted by molar-refractivity contribution is 5.92. The Kier molecular flexibility index (Phi) is 5.71. The van der Waals surface area contributed by atoms with Crippen LogP contribution in [0.25, 0.3) is 0 Å². The Balaban J connectivity index is 1.32. The van der Waals surface area contributed by atoms with E-state index in [1.165, 1.54) is 0 Å². The largest absolute Gasteiger partial charge is 0.360 e. The van der Waals surface area contributed by atoms with E-state index < -0.39 is 0 Å². The van der Waals surface area contributed by atoms with Crippen molar-refractivity contribution in [3.63, 3.8) is 0 Å². The zero-order chi connectivity index (χ0) is 19.7. The lowest BCUT2D eigenvalue weighted by atomic mass is 9.84. The van der Waals surface area contributed by atoms with Gasteiger partial charge in [0, 0.05) is 42.6 Å². The van der Waals surface area contributed by atoms with Crippen LogP contribution in [0.5, 0.6) is 0 Å². The molecule has 7 nitrogen and oxygen atoms in total. The molecule has 2 aliphatic carbocycles. The summed E-state index contributed by atoms with van der Waals surface area (Å²) in [7, 11) is 0. The molecule has 0 spiro atoms. The highest BCUT2D eigenvalue weighted by atomic mass is 16.5. The average Bonchev–Trinajstić information content (AvgIpc) is 3.44. The first-order valence-electron chi connectivity index (χ1n) is 10.9. The minimum atomic E-state index is -0.170. The second kappa shape index (κ2) is 8.23. The second-order valence-electron chi connectivity index (χ2n) is 8.79. The number of likely N-dealkylation sites (tertiary alicyclic amines) is 1. The second-order valence-corrected chi connectivity index (χ2v) is 8.79. The van der Waals surface area contributed by atoms with E-state index in [0.29, 0.717) is 18.2 Å². The normalized spacial score (nSPS) is 30.9. The Bertz CT molecular complexity index is 706. The predicted octanol–water partition coefficient (Wildman–Crippen LogP) is 2.57. The van der Waals surface area contributed by atoms with Crippen LogP contribution >= 0.6 is 0 Å². The molecule has 1 saturated heterocycles. The molecular weight excluding hydrogens is 356 g/mol. The lowest BCUT2D eigenvalue weighted by molar-refractivity contribution is -0.140. The standard InChI is InChI=1S/C21H32N4O3/c1-2-17-11-16(23-20(26)18-12-19(28-24-18)13-3-4-13)9-10-25(17)21(27)14-5-7-15(22)8-6-14/h12-17H,2-11,22H2,1H3,(H,23,26)/t14-,15-,16?,17-/m1/s1. The third-order valence-corrected chi connectivity index (χ3v) is 6.67. The van der Waals surface area contributed by atoms with Crippen LogP contribution in [-0.4, -0.2) is 46.5 Å². The summed E-state index contributed by atoms with van der Waals surface area (Å²) in [6, 6.07) is 2.28. The molecule has 1 aromatic rings. The Labute approximate surface area is 166 Å². The van der Waals surface area contributed by atoms with E-state index >= 15 is 0 Å². The van der Waals surface area contributed by atoms with Crippen LogP contribution in [0.1, 0.15) is 86.9 Å². The van der Waals surface area contributed by atoms with Crippen LogP contribution in [0.15, 0.2) is 10.6 Å². The topological polar surface area (TPSA) is 101 Å². The maximum Gasteiger partial charge on any atom is 0.273 e. The van der Waals surface area contributed by atoms with E-state index in [9.17, 15) is 9.59 Å². The number of carbonyl (C=O) groups is 2. The number of hydrogen-bond donors (Lipinski definition) is 2. The highest BCUT2D eigenvalue weighted by Crippen LogP contribution is 2.40. The number of nitrogens with one attached hydrogen (secondary N) is 1. The summed E-state index contributed by atoms with van der Waals surface area (Å²) in [6.45, 7) is 2.82. The van der Waals surface area contributed by atoms with Crippen LogP contribution in [-0.2, 0) is 4.79 Å². The molecule has 154 valence electrons. The van der Waals surface area contributed by atoms with E-state index in [2.05, 4.69) is 22.3 Å². The van der Waals surface area contributed by atoms with Gasteiger partial charge in [0.25, 0.3) is 5.91 Å². The molecule has 3 aliphatic rings. The zero-order valence-corrected chi connectivity index (χ0v) is 16.7.